The molecule has 1 N–H and O–H groups in total. The van der Waals surface area contributed by atoms with E-state index in [1.54, 1.807) is 0 Å². The van der Waals surface area contributed by atoms with Gasteiger partial charge in [0.1, 0.15) is 6.29 Å². The minimum atomic E-state index is 0.190. The van der Waals surface area contributed by atoms with Crippen LogP contribution in [-0.4, -0.2) is 24.1 Å². The summed E-state index contributed by atoms with van der Waals surface area (Å²) in [5.74, 6) is 1.13. The molecular formula is C15H26N2O2. The van der Waals surface area contributed by atoms with Crippen LogP contribution in [0.5, 0.6) is 0 Å². The quantitative estimate of drug-likeness (QED) is 0.348. The van der Waals surface area contributed by atoms with Crippen molar-refractivity contribution in [1.82, 2.24) is 5.43 Å². The molecule has 0 unspecified atom stereocenters. The summed E-state index contributed by atoms with van der Waals surface area (Å²) in [5, 5.41) is 4.37. The lowest BCUT2D eigenvalue weighted by Gasteiger charge is -2.25. The molecule has 108 valence electrons. The van der Waals surface area contributed by atoms with Gasteiger partial charge < -0.3 is 15.0 Å². The van der Waals surface area contributed by atoms with Crippen LogP contribution < -0.4 is 5.43 Å². The molecule has 0 saturated heterocycles. The van der Waals surface area contributed by atoms with Crippen molar-refractivity contribution in [2.45, 2.75) is 65.5 Å². The highest BCUT2D eigenvalue weighted by Crippen LogP contribution is 2.22. The molecule has 1 aliphatic rings. The van der Waals surface area contributed by atoms with Crippen LogP contribution in [0.3, 0.4) is 0 Å². The molecule has 4 heteroatoms. The summed E-state index contributed by atoms with van der Waals surface area (Å²) in [6, 6.07) is 0.394. The van der Waals surface area contributed by atoms with Crippen LogP contribution in [0.1, 0.15) is 53.4 Å². The predicted octanol–water partition coefficient (Wildman–Crippen LogP) is 3.04. The number of hydrazone groups is 1. The van der Waals surface area contributed by atoms with Crippen LogP contribution in [0, 0.1) is 5.92 Å². The lowest BCUT2D eigenvalue weighted by atomic mass is 9.87. The van der Waals surface area contributed by atoms with Gasteiger partial charge in [0, 0.05) is 12.0 Å². The first-order chi connectivity index (χ1) is 9.01. The molecule has 1 rings (SSSR count). The number of rotatable bonds is 6. The smallest absolute Gasteiger partial charge is 0.123 e. The molecule has 0 aromatic carbocycles. The van der Waals surface area contributed by atoms with E-state index in [4.69, 9.17) is 4.74 Å². The number of aldehydes is 1. The van der Waals surface area contributed by atoms with Gasteiger partial charge in [-0.2, -0.15) is 5.10 Å². The molecule has 0 atom stereocenters. The number of carbonyl (C=O) groups excluding carboxylic acids is 1. The molecule has 1 aliphatic carbocycles. The van der Waals surface area contributed by atoms with E-state index in [0.717, 1.165) is 43.4 Å². The Morgan fingerprint density at radius 1 is 1.26 bits per heavy atom. The van der Waals surface area contributed by atoms with Gasteiger partial charge in [-0.25, -0.2) is 0 Å². The van der Waals surface area contributed by atoms with Crippen LogP contribution in [0.2, 0.25) is 0 Å². The third-order valence-electron chi connectivity index (χ3n) is 3.22. The second kappa shape index (κ2) is 7.97. The van der Waals surface area contributed by atoms with Crippen LogP contribution in [-0.2, 0) is 9.53 Å². The van der Waals surface area contributed by atoms with E-state index in [9.17, 15) is 4.79 Å². The first kappa shape index (κ1) is 15.7. The highest BCUT2D eigenvalue weighted by atomic mass is 16.5. The first-order valence-electron chi connectivity index (χ1n) is 7.11. The Bertz CT molecular complexity index is 340. The topological polar surface area (TPSA) is 50.7 Å². The Kier molecular flexibility index (Phi) is 6.60. The number of nitrogens with zero attached hydrogens (tertiary/aromatic N) is 1. The maximum atomic E-state index is 10.7. The number of hydrogen-bond acceptors (Lipinski definition) is 4. The van der Waals surface area contributed by atoms with Gasteiger partial charge in [0.25, 0.3) is 0 Å². The minimum Gasteiger partial charge on any atom is -0.496 e. The number of ether oxygens (including phenoxy) is 1. The standard InChI is InChI=1S/C15H26N2O2/c1-11(2)19-13(4)9-12(3)16-17-15-7-5-14(10-18)6-8-15/h9-11,14-15,17H,5-8H2,1-4H3/b13-9+,16-12+. The fourth-order valence-electron chi connectivity index (χ4n) is 2.31. The summed E-state index contributed by atoms with van der Waals surface area (Å²) in [4.78, 5) is 10.7. The van der Waals surface area contributed by atoms with Gasteiger partial charge in [0.2, 0.25) is 0 Å². The number of nitrogens with one attached hydrogen (secondary N) is 1. The third kappa shape index (κ3) is 6.41. The molecule has 0 aromatic heterocycles. The number of carbonyl (C=O) groups is 1. The lowest BCUT2D eigenvalue weighted by molar-refractivity contribution is -0.112. The molecular weight excluding hydrogens is 240 g/mol. The van der Waals surface area contributed by atoms with Crippen LogP contribution in [0.4, 0.5) is 0 Å². The van der Waals surface area contributed by atoms with Gasteiger partial charge in [0.05, 0.1) is 17.6 Å². The lowest BCUT2D eigenvalue weighted by Crippen LogP contribution is -2.30. The van der Waals surface area contributed by atoms with Crippen molar-refractivity contribution >= 4 is 12.0 Å². The van der Waals surface area contributed by atoms with Crippen molar-refractivity contribution in [3.63, 3.8) is 0 Å². The number of hydrogen-bond donors (Lipinski definition) is 1. The zero-order valence-corrected chi connectivity index (χ0v) is 12.5. The van der Waals surface area contributed by atoms with Gasteiger partial charge in [0.15, 0.2) is 0 Å². The van der Waals surface area contributed by atoms with Crippen molar-refractivity contribution in [3.05, 3.63) is 11.8 Å². The summed E-state index contributed by atoms with van der Waals surface area (Å²) < 4.78 is 5.55. The van der Waals surface area contributed by atoms with E-state index in [1.165, 1.54) is 0 Å². The Morgan fingerprint density at radius 2 is 1.89 bits per heavy atom. The zero-order valence-electron chi connectivity index (χ0n) is 12.5. The average molecular weight is 266 g/mol. The molecule has 4 nitrogen and oxygen atoms in total. The molecule has 0 aliphatic heterocycles. The molecule has 0 amide bonds. The third-order valence-corrected chi connectivity index (χ3v) is 3.22. The summed E-state index contributed by atoms with van der Waals surface area (Å²) in [5.41, 5.74) is 4.11. The highest BCUT2D eigenvalue weighted by Gasteiger charge is 2.19. The average Bonchev–Trinajstić information content (AvgIpc) is 2.36. The Labute approximate surface area is 116 Å². The molecule has 0 bridgehead atoms. The Morgan fingerprint density at radius 3 is 2.42 bits per heavy atom. The minimum absolute atomic E-state index is 0.190. The molecule has 1 saturated carbocycles. The summed E-state index contributed by atoms with van der Waals surface area (Å²) in [7, 11) is 0. The largest absolute Gasteiger partial charge is 0.496 e. The van der Waals surface area contributed by atoms with E-state index in [2.05, 4.69) is 10.5 Å². The van der Waals surface area contributed by atoms with Crippen molar-refractivity contribution in [2.24, 2.45) is 11.0 Å². The van der Waals surface area contributed by atoms with Crippen molar-refractivity contribution in [1.29, 1.82) is 0 Å². The van der Waals surface area contributed by atoms with Gasteiger partial charge >= 0.3 is 0 Å². The van der Waals surface area contributed by atoms with Gasteiger partial charge in [-0.3, -0.25) is 0 Å². The number of allylic oxidation sites excluding steroid dienone is 2. The maximum absolute atomic E-state index is 10.7. The van der Waals surface area contributed by atoms with E-state index in [0.29, 0.717) is 6.04 Å². The van der Waals surface area contributed by atoms with Gasteiger partial charge in [-0.15, -0.1) is 0 Å². The first-order valence-corrected chi connectivity index (χ1v) is 7.11. The van der Waals surface area contributed by atoms with Crippen LogP contribution >= 0.6 is 0 Å². The molecule has 19 heavy (non-hydrogen) atoms. The van der Waals surface area contributed by atoms with E-state index >= 15 is 0 Å². The molecule has 0 spiro atoms. The SMILES string of the molecule is C/C(=C\C(C)=N\NC1CCC(C=O)CC1)OC(C)C. The molecule has 0 aromatic rings. The fraction of sp³-hybridized carbons (Fsp3) is 0.733. The van der Waals surface area contributed by atoms with Crippen LogP contribution in [0.25, 0.3) is 0 Å². The normalized spacial score (nSPS) is 25.3. The Balaban J connectivity index is 2.37. The van der Waals surface area contributed by atoms with E-state index in [1.807, 2.05) is 33.8 Å². The van der Waals surface area contributed by atoms with Crippen LogP contribution in [0.15, 0.2) is 16.9 Å². The summed E-state index contributed by atoms with van der Waals surface area (Å²) in [6.07, 6.45) is 7.19. The highest BCUT2D eigenvalue weighted by molar-refractivity contribution is 5.92. The van der Waals surface area contributed by atoms with Crippen molar-refractivity contribution < 1.29 is 9.53 Å². The second-order valence-electron chi connectivity index (χ2n) is 5.55. The summed E-state index contributed by atoms with van der Waals surface area (Å²) in [6.45, 7) is 7.91. The summed E-state index contributed by atoms with van der Waals surface area (Å²) >= 11 is 0. The maximum Gasteiger partial charge on any atom is 0.123 e. The predicted molar refractivity (Wildman–Crippen MR) is 78.0 cm³/mol. The van der Waals surface area contributed by atoms with Crippen molar-refractivity contribution in [2.75, 3.05) is 0 Å². The fourth-order valence-corrected chi connectivity index (χ4v) is 2.31. The second-order valence-corrected chi connectivity index (χ2v) is 5.55. The van der Waals surface area contributed by atoms with Crippen molar-refractivity contribution in [3.8, 4) is 0 Å². The van der Waals surface area contributed by atoms with E-state index < -0.39 is 0 Å². The van der Waals surface area contributed by atoms with E-state index in [-0.39, 0.29) is 12.0 Å². The molecule has 0 radical (unpaired) electrons. The van der Waals surface area contributed by atoms with Gasteiger partial charge in [-0.1, -0.05) is 0 Å². The zero-order chi connectivity index (χ0) is 14.3. The molecule has 0 heterocycles. The monoisotopic (exact) mass is 266 g/mol. The van der Waals surface area contributed by atoms with Gasteiger partial charge in [-0.05, 0) is 59.5 Å². The Hall–Kier alpha value is -1.32. The molecule has 1 fully saturated rings.